The van der Waals surface area contributed by atoms with E-state index in [0.29, 0.717) is 16.1 Å². The number of primary amides is 1. The van der Waals surface area contributed by atoms with Crippen molar-refractivity contribution in [1.82, 2.24) is 5.32 Å². The minimum Gasteiger partial charge on any atom is -0.365 e. The molecule has 0 bridgehead atoms. The Bertz CT molecular complexity index is 1130. The van der Waals surface area contributed by atoms with Crippen LogP contribution in [0.5, 0.6) is 0 Å². The van der Waals surface area contributed by atoms with E-state index in [-0.39, 0.29) is 9.77 Å². The number of sulfonamides is 1. The molecule has 8 nitrogen and oxygen atoms in total. The van der Waals surface area contributed by atoms with Gasteiger partial charge in [0.15, 0.2) is 0 Å². The predicted molar refractivity (Wildman–Crippen MR) is 108 cm³/mol. The second-order valence-electron chi connectivity index (χ2n) is 5.58. The standard InChI is InChI=1S/C16H16N4O4S3/c1-8-6-9(20-27(23,24)11-4-3-5-25-11)7-10-12(14(17)21)15(26-13(8)10)19-16(22)18-2/h3-7,20H,1-2H3,(H2,17,21)(H2,18,19,22). The van der Waals surface area contributed by atoms with Crippen molar-refractivity contribution in [3.8, 4) is 0 Å². The fourth-order valence-electron chi connectivity index (χ4n) is 2.55. The highest BCUT2D eigenvalue weighted by Gasteiger charge is 2.22. The Hall–Kier alpha value is -2.63. The lowest BCUT2D eigenvalue weighted by Crippen LogP contribution is -2.25. The smallest absolute Gasteiger partial charge is 0.319 e. The molecule has 0 atom stereocenters. The summed E-state index contributed by atoms with van der Waals surface area (Å²) in [5.41, 5.74) is 6.69. The second-order valence-corrected chi connectivity index (χ2v) is 9.46. The molecule has 0 unspecified atom stereocenters. The first-order valence-electron chi connectivity index (χ1n) is 7.65. The zero-order chi connectivity index (χ0) is 19.8. The lowest BCUT2D eigenvalue weighted by Gasteiger charge is -2.08. The monoisotopic (exact) mass is 424 g/mol. The van der Waals surface area contributed by atoms with Crippen LogP contribution in [0.3, 0.4) is 0 Å². The van der Waals surface area contributed by atoms with Gasteiger partial charge in [-0.15, -0.1) is 22.7 Å². The van der Waals surface area contributed by atoms with Gasteiger partial charge in [-0.25, -0.2) is 13.2 Å². The molecule has 0 aliphatic rings. The van der Waals surface area contributed by atoms with Crippen LogP contribution < -0.4 is 21.1 Å². The molecule has 27 heavy (non-hydrogen) atoms. The van der Waals surface area contributed by atoms with Gasteiger partial charge in [0, 0.05) is 22.8 Å². The molecule has 0 spiro atoms. The van der Waals surface area contributed by atoms with Crippen molar-refractivity contribution in [1.29, 1.82) is 0 Å². The normalized spacial score (nSPS) is 11.3. The molecular formula is C16H16N4O4S3. The molecule has 0 saturated carbocycles. The number of urea groups is 1. The maximum atomic E-state index is 12.5. The van der Waals surface area contributed by atoms with Crippen LogP contribution in [-0.4, -0.2) is 27.4 Å². The molecule has 3 rings (SSSR count). The Morgan fingerprint density at radius 2 is 1.96 bits per heavy atom. The number of anilines is 2. The minimum absolute atomic E-state index is 0.138. The van der Waals surface area contributed by atoms with Crippen LogP contribution in [0.4, 0.5) is 15.5 Å². The fraction of sp³-hybridized carbons (Fsp3) is 0.125. The number of hydrogen-bond donors (Lipinski definition) is 4. The van der Waals surface area contributed by atoms with Crippen LogP contribution >= 0.6 is 22.7 Å². The van der Waals surface area contributed by atoms with E-state index in [1.807, 2.05) is 0 Å². The zero-order valence-electron chi connectivity index (χ0n) is 14.3. The first-order valence-corrected chi connectivity index (χ1v) is 10.8. The average molecular weight is 425 g/mol. The van der Waals surface area contributed by atoms with Gasteiger partial charge < -0.3 is 11.1 Å². The van der Waals surface area contributed by atoms with Crippen molar-refractivity contribution < 1.29 is 18.0 Å². The maximum Gasteiger partial charge on any atom is 0.319 e. The molecule has 0 saturated heterocycles. The number of fused-ring (bicyclic) bond motifs is 1. The summed E-state index contributed by atoms with van der Waals surface area (Å²) in [6.07, 6.45) is 0. The summed E-state index contributed by atoms with van der Waals surface area (Å²) in [5, 5.41) is 7.44. The number of amides is 3. The molecule has 3 aromatic rings. The van der Waals surface area contributed by atoms with Gasteiger partial charge in [-0.05, 0) is 36.1 Å². The highest BCUT2D eigenvalue weighted by molar-refractivity contribution is 7.94. The van der Waals surface area contributed by atoms with E-state index in [1.54, 1.807) is 30.5 Å². The third kappa shape index (κ3) is 3.75. The van der Waals surface area contributed by atoms with E-state index in [0.717, 1.165) is 21.6 Å². The molecule has 2 heterocycles. The number of aryl methyl sites for hydroxylation is 1. The van der Waals surface area contributed by atoms with Crippen LogP contribution in [-0.2, 0) is 10.0 Å². The molecule has 0 fully saturated rings. The summed E-state index contributed by atoms with van der Waals surface area (Å²) in [4.78, 5) is 23.6. The molecule has 0 aliphatic carbocycles. The van der Waals surface area contributed by atoms with Crippen molar-refractivity contribution >= 4 is 65.4 Å². The predicted octanol–water partition coefficient (Wildman–Crippen LogP) is 2.92. The van der Waals surface area contributed by atoms with Crippen LogP contribution in [0.25, 0.3) is 10.1 Å². The van der Waals surface area contributed by atoms with Crippen molar-refractivity contribution in [3.63, 3.8) is 0 Å². The summed E-state index contributed by atoms with van der Waals surface area (Å²) >= 11 is 2.30. The van der Waals surface area contributed by atoms with E-state index < -0.39 is 22.0 Å². The van der Waals surface area contributed by atoms with E-state index in [2.05, 4.69) is 15.4 Å². The molecule has 5 N–H and O–H groups in total. The summed E-state index contributed by atoms with van der Waals surface area (Å²) in [7, 11) is -2.27. The lowest BCUT2D eigenvalue weighted by molar-refractivity contribution is 0.100. The van der Waals surface area contributed by atoms with Gasteiger partial charge >= 0.3 is 6.03 Å². The van der Waals surface area contributed by atoms with Gasteiger partial charge in [0.25, 0.3) is 15.9 Å². The Morgan fingerprint density at radius 1 is 1.22 bits per heavy atom. The molecule has 142 valence electrons. The number of nitrogens with one attached hydrogen (secondary N) is 3. The molecule has 11 heteroatoms. The Balaban J connectivity index is 2.11. The van der Waals surface area contributed by atoms with Crippen molar-refractivity contribution in [2.45, 2.75) is 11.1 Å². The van der Waals surface area contributed by atoms with Gasteiger partial charge in [0.05, 0.1) is 5.56 Å². The average Bonchev–Trinajstić information content (AvgIpc) is 3.22. The van der Waals surface area contributed by atoms with Gasteiger partial charge in [-0.2, -0.15) is 0 Å². The SMILES string of the molecule is CNC(=O)Nc1sc2c(C)cc(NS(=O)(=O)c3cccs3)cc2c1C(N)=O. The number of hydrogen-bond acceptors (Lipinski definition) is 6. The van der Waals surface area contributed by atoms with E-state index >= 15 is 0 Å². The quantitative estimate of drug-likeness (QED) is 0.501. The highest BCUT2D eigenvalue weighted by Crippen LogP contribution is 2.39. The third-order valence-electron chi connectivity index (χ3n) is 3.69. The Labute approximate surface area is 163 Å². The largest absolute Gasteiger partial charge is 0.365 e. The number of thiophene rings is 2. The molecule has 0 radical (unpaired) electrons. The number of rotatable bonds is 5. The number of benzene rings is 1. The summed E-state index contributed by atoms with van der Waals surface area (Å²) in [6, 6.07) is 5.87. The maximum absolute atomic E-state index is 12.5. The fourth-order valence-corrected chi connectivity index (χ4v) is 5.73. The summed E-state index contributed by atoms with van der Waals surface area (Å²) in [5.74, 6) is -0.717. The van der Waals surface area contributed by atoms with Crippen LogP contribution in [0, 0.1) is 6.92 Å². The van der Waals surface area contributed by atoms with Crippen molar-refractivity contribution in [2.75, 3.05) is 17.1 Å². The Morgan fingerprint density at radius 3 is 2.56 bits per heavy atom. The topological polar surface area (TPSA) is 130 Å². The van der Waals surface area contributed by atoms with E-state index in [9.17, 15) is 18.0 Å². The third-order valence-corrected chi connectivity index (χ3v) is 7.72. The van der Waals surface area contributed by atoms with E-state index in [4.69, 9.17) is 5.73 Å². The van der Waals surface area contributed by atoms with Crippen molar-refractivity contribution in [2.24, 2.45) is 5.73 Å². The first-order chi connectivity index (χ1) is 12.7. The lowest BCUT2D eigenvalue weighted by atomic mass is 10.1. The molecule has 3 amide bonds. The number of carbonyl (C=O) groups is 2. The van der Waals surface area contributed by atoms with Gasteiger partial charge in [0.2, 0.25) is 0 Å². The summed E-state index contributed by atoms with van der Waals surface area (Å²) < 4.78 is 28.4. The second kappa shape index (κ2) is 7.18. The number of carbonyl (C=O) groups excluding carboxylic acids is 2. The van der Waals surface area contributed by atoms with Gasteiger partial charge in [-0.3, -0.25) is 14.8 Å². The molecule has 2 aromatic heterocycles. The molecular weight excluding hydrogens is 408 g/mol. The van der Waals surface area contributed by atoms with Crippen LogP contribution in [0.15, 0.2) is 33.9 Å². The van der Waals surface area contributed by atoms with Gasteiger partial charge in [0.1, 0.15) is 9.21 Å². The van der Waals surface area contributed by atoms with Crippen molar-refractivity contribution in [3.05, 3.63) is 40.8 Å². The first kappa shape index (κ1) is 19.1. The number of nitrogens with two attached hydrogens (primary N) is 1. The van der Waals surface area contributed by atoms with Gasteiger partial charge in [-0.1, -0.05) is 6.07 Å². The summed E-state index contributed by atoms with van der Waals surface area (Å²) in [6.45, 7) is 1.79. The minimum atomic E-state index is -3.73. The van der Waals surface area contributed by atoms with E-state index in [1.165, 1.54) is 24.5 Å². The molecule has 0 aliphatic heterocycles. The highest BCUT2D eigenvalue weighted by atomic mass is 32.2. The molecule has 1 aromatic carbocycles. The Kier molecular flexibility index (Phi) is 5.09. The zero-order valence-corrected chi connectivity index (χ0v) is 16.8. The van der Waals surface area contributed by atoms with Crippen LogP contribution in [0.2, 0.25) is 0 Å². The van der Waals surface area contributed by atoms with Crippen LogP contribution in [0.1, 0.15) is 15.9 Å².